The fourth-order valence-corrected chi connectivity index (χ4v) is 4.91. The van der Waals surface area contributed by atoms with E-state index in [9.17, 15) is 14.0 Å². The van der Waals surface area contributed by atoms with E-state index in [1.807, 2.05) is 49.4 Å². The number of benzene rings is 3. The summed E-state index contributed by atoms with van der Waals surface area (Å²) in [6, 6.07) is 20.0. The van der Waals surface area contributed by atoms with Crippen molar-refractivity contribution in [1.82, 2.24) is 14.5 Å². The second-order valence-corrected chi connectivity index (χ2v) is 10.0. The van der Waals surface area contributed by atoms with E-state index in [0.29, 0.717) is 35.4 Å². The maximum Gasteiger partial charge on any atom is 0.266 e. The van der Waals surface area contributed by atoms with Crippen molar-refractivity contribution >= 4 is 32.7 Å². The Morgan fingerprint density at radius 1 is 1.00 bits per heavy atom. The van der Waals surface area contributed by atoms with Gasteiger partial charge in [0.15, 0.2) is 0 Å². The van der Waals surface area contributed by atoms with E-state index in [1.54, 1.807) is 27.7 Å². The van der Waals surface area contributed by atoms with Gasteiger partial charge in [-0.2, -0.15) is 0 Å². The molecule has 3 aromatic carbocycles. The molecule has 0 N–H and O–H groups in total. The maximum absolute atomic E-state index is 14.1. The van der Waals surface area contributed by atoms with Crippen LogP contribution < -0.4 is 5.56 Å². The molecule has 0 fully saturated rings. The van der Waals surface area contributed by atoms with Crippen molar-refractivity contribution < 1.29 is 9.18 Å². The highest BCUT2D eigenvalue weighted by Gasteiger charge is 2.29. The normalized spacial score (nSPS) is 12.0. The van der Waals surface area contributed by atoms with Crippen LogP contribution in [0.5, 0.6) is 0 Å². The van der Waals surface area contributed by atoms with Crippen LogP contribution in [0.25, 0.3) is 16.6 Å². The second kappa shape index (κ2) is 12.3. The van der Waals surface area contributed by atoms with Crippen LogP contribution in [0, 0.1) is 5.82 Å². The number of para-hydroxylation sites is 1. The molecule has 37 heavy (non-hydrogen) atoms. The van der Waals surface area contributed by atoms with Crippen LogP contribution in [0.15, 0.2) is 82.1 Å². The predicted molar refractivity (Wildman–Crippen MR) is 150 cm³/mol. The minimum absolute atomic E-state index is 0.189. The number of hydrogen-bond donors (Lipinski definition) is 0. The van der Waals surface area contributed by atoms with E-state index < -0.39 is 11.9 Å². The Hall–Kier alpha value is -3.32. The first-order valence-electron chi connectivity index (χ1n) is 12.8. The molecule has 192 valence electrons. The number of hydrogen-bond acceptors (Lipinski definition) is 3. The average Bonchev–Trinajstić information content (AvgIpc) is 2.91. The Morgan fingerprint density at radius 3 is 2.46 bits per heavy atom. The molecule has 4 aromatic rings. The zero-order valence-corrected chi connectivity index (χ0v) is 22.7. The van der Waals surface area contributed by atoms with Crippen molar-refractivity contribution in [2.24, 2.45) is 0 Å². The van der Waals surface area contributed by atoms with Crippen molar-refractivity contribution in [2.75, 3.05) is 6.54 Å². The molecular formula is C30H31BrFN3O2. The lowest BCUT2D eigenvalue weighted by atomic mass is 10.1. The summed E-state index contributed by atoms with van der Waals surface area (Å²) in [5.41, 5.74) is 1.35. The first-order valence-corrected chi connectivity index (χ1v) is 13.6. The topological polar surface area (TPSA) is 55.2 Å². The zero-order valence-electron chi connectivity index (χ0n) is 21.2. The smallest absolute Gasteiger partial charge is 0.266 e. The van der Waals surface area contributed by atoms with Crippen LogP contribution in [0.2, 0.25) is 0 Å². The van der Waals surface area contributed by atoms with Gasteiger partial charge >= 0.3 is 0 Å². The summed E-state index contributed by atoms with van der Waals surface area (Å²) < 4.78 is 16.6. The van der Waals surface area contributed by atoms with Crippen molar-refractivity contribution in [1.29, 1.82) is 0 Å². The fraction of sp³-hybridized carbons (Fsp3) is 0.300. The Bertz CT molecular complexity index is 1440. The van der Waals surface area contributed by atoms with E-state index in [4.69, 9.17) is 4.98 Å². The molecule has 0 aliphatic carbocycles. The van der Waals surface area contributed by atoms with Gasteiger partial charge in [-0.05, 0) is 67.4 Å². The molecule has 0 radical (unpaired) electrons. The Labute approximate surface area is 225 Å². The second-order valence-electron chi connectivity index (χ2n) is 9.10. The van der Waals surface area contributed by atoms with Gasteiger partial charge in [0.2, 0.25) is 0 Å². The van der Waals surface area contributed by atoms with Crippen LogP contribution >= 0.6 is 15.9 Å². The Balaban J connectivity index is 1.89. The molecular weight excluding hydrogens is 533 g/mol. The Morgan fingerprint density at radius 2 is 1.76 bits per heavy atom. The lowest BCUT2D eigenvalue weighted by molar-refractivity contribution is 0.0654. The van der Waals surface area contributed by atoms with E-state index in [1.165, 1.54) is 12.1 Å². The monoisotopic (exact) mass is 563 g/mol. The van der Waals surface area contributed by atoms with Gasteiger partial charge in [0.25, 0.3) is 11.5 Å². The molecule has 0 aliphatic heterocycles. The van der Waals surface area contributed by atoms with Crippen molar-refractivity contribution in [3.05, 3.63) is 105 Å². The van der Waals surface area contributed by atoms with Crippen LogP contribution in [-0.2, 0) is 0 Å². The van der Waals surface area contributed by atoms with Crippen molar-refractivity contribution in [3.8, 4) is 5.69 Å². The number of carbonyl (C=O) groups is 1. The minimum atomic E-state index is -0.488. The maximum atomic E-state index is 14.1. The first kappa shape index (κ1) is 26.7. The van der Waals surface area contributed by atoms with E-state index >= 15 is 0 Å². The van der Waals surface area contributed by atoms with Crippen LogP contribution in [0.3, 0.4) is 0 Å². The van der Waals surface area contributed by atoms with Gasteiger partial charge in [-0.1, -0.05) is 67.2 Å². The van der Waals surface area contributed by atoms with E-state index in [2.05, 4.69) is 22.9 Å². The third kappa shape index (κ3) is 5.99. The standard InChI is InChI=1S/C30H31BrFN3O2/c1-3-5-6-9-19-34(29(36)21-11-10-12-23(32)20-21)27(4-2)28-33-26-14-8-7-13-25(26)30(37)35(28)24-17-15-22(31)16-18-24/h7-8,10-18,20,27H,3-6,9,19H2,1-2H3. The number of amides is 1. The quantitative estimate of drug-likeness (QED) is 0.188. The highest BCUT2D eigenvalue weighted by Crippen LogP contribution is 2.28. The molecule has 1 unspecified atom stereocenters. The van der Waals surface area contributed by atoms with Gasteiger partial charge in [-0.25, -0.2) is 9.37 Å². The summed E-state index contributed by atoms with van der Waals surface area (Å²) in [5.74, 6) is -0.234. The number of carbonyl (C=O) groups excluding carboxylic acids is 1. The number of fused-ring (bicyclic) bond motifs is 1. The summed E-state index contributed by atoms with van der Waals surface area (Å²) in [5, 5.41) is 0.509. The molecule has 1 heterocycles. The van der Waals surface area contributed by atoms with Crippen LogP contribution in [-0.4, -0.2) is 26.9 Å². The molecule has 5 nitrogen and oxygen atoms in total. The highest BCUT2D eigenvalue weighted by molar-refractivity contribution is 9.10. The molecule has 1 amide bonds. The molecule has 0 saturated carbocycles. The summed E-state index contributed by atoms with van der Waals surface area (Å²) in [7, 11) is 0. The largest absolute Gasteiger partial charge is 0.328 e. The molecule has 0 saturated heterocycles. The van der Waals surface area contributed by atoms with Crippen molar-refractivity contribution in [3.63, 3.8) is 0 Å². The van der Waals surface area contributed by atoms with E-state index in [0.717, 1.165) is 30.2 Å². The summed E-state index contributed by atoms with van der Waals surface area (Å²) in [6.07, 6.45) is 4.46. The van der Waals surface area contributed by atoms with Gasteiger partial charge in [-0.3, -0.25) is 14.2 Å². The van der Waals surface area contributed by atoms with Crippen LogP contribution in [0.4, 0.5) is 4.39 Å². The highest BCUT2D eigenvalue weighted by atomic mass is 79.9. The lowest BCUT2D eigenvalue weighted by Crippen LogP contribution is -2.39. The number of nitrogens with zero attached hydrogens (tertiary/aromatic N) is 3. The number of unbranched alkanes of at least 4 members (excludes halogenated alkanes) is 3. The van der Waals surface area contributed by atoms with Gasteiger partial charge in [0.05, 0.1) is 22.6 Å². The molecule has 0 aliphatic rings. The molecule has 0 spiro atoms. The molecule has 4 rings (SSSR count). The first-order chi connectivity index (χ1) is 17.9. The van der Waals surface area contributed by atoms with Gasteiger partial charge in [0.1, 0.15) is 11.6 Å². The van der Waals surface area contributed by atoms with Gasteiger partial charge in [-0.15, -0.1) is 0 Å². The predicted octanol–water partition coefficient (Wildman–Crippen LogP) is 7.46. The number of rotatable bonds is 10. The van der Waals surface area contributed by atoms with E-state index in [-0.39, 0.29) is 17.0 Å². The van der Waals surface area contributed by atoms with Crippen molar-refractivity contribution in [2.45, 2.75) is 52.0 Å². The summed E-state index contributed by atoms with van der Waals surface area (Å²) in [6.45, 7) is 4.60. The summed E-state index contributed by atoms with van der Waals surface area (Å²) >= 11 is 3.47. The number of aromatic nitrogens is 2. The zero-order chi connectivity index (χ0) is 26.4. The third-order valence-corrected chi connectivity index (χ3v) is 7.06. The SMILES string of the molecule is CCCCCCN(C(=O)c1cccc(F)c1)C(CC)c1nc2ccccc2c(=O)n1-c1ccc(Br)cc1. The number of halogens is 2. The fourth-order valence-electron chi connectivity index (χ4n) is 4.65. The van der Waals surface area contributed by atoms with Gasteiger partial charge in [0, 0.05) is 16.6 Å². The molecule has 1 atom stereocenters. The molecule has 7 heteroatoms. The minimum Gasteiger partial charge on any atom is -0.328 e. The molecule has 1 aromatic heterocycles. The van der Waals surface area contributed by atoms with Crippen LogP contribution in [0.1, 0.15) is 68.2 Å². The average molecular weight is 564 g/mol. The molecule has 0 bridgehead atoms. The summed E-state index contributed by atoms with van der Waals surface area (Å²) in [4.78, 5) is 34.3. The Kier molecular flexibility index (Phi) is 8.87. The van der Waals surface area contributed by atoms with Gasteiger partial charge < -0.3 is 4.90 Å². The lowest BCUT2D eigenvalue weighted by Gasteiger charge is -2.32. The third-order valence-electron chi connectivity index (χ3n) is 6.53.